The quantitative estimate of drug-likeness (QED) is 0.841. The molecule has 0 bridgehead atoms. The fourth-order valence-corrected chi connectivity index (χ4v) is 3.94. The zero-order valence-electron chi connectivity index (χ0n) is 12.8. The van der Waals surface area contributed by atoms with Crippen molar-refractivity contribution in [2.45, 2.75) is 39.2 Å². The Balaban J connectivity index is 1.98. The summed E-state index contributed by atoms with van der Waals surface area (Å²) in [7, 11) is 2.26. The van der Waals surface area contributed by atoms with E-state index in [2.05, 4.69) is 64.4 Å². The lowest BCUT2D eigenvalue weighted by Gasteiger charge is -2.40. The normalized spacial score (nSPS) is 23.2. The van der Waals surface area contributed by atoms with Gasteiger partial charge in [0.1, 0.15) is 0 Å². The summed E-state index contributed by atoms with van der Waals surface area (Å²) in [5.41, 5.74) is 1.86. The molecule has 112 valence electrons. The van der Waals surface area contributed by atoms with Crippen LogP contribution in [0.5, 0.6) is 0 Å². The van der Waals surface area contributed by atoms with Crippen molar-refractivity contribution < 1.29 is 0 Å². The lowest BCUT2D eigenvalue weighted by molar-refractivity contribution is 0.118. The minimum atomic E-state index is 0.475. The third-order valence-electron chi connectivity index (χ3n) is 4.34. The molecule has 1 atom stereocenters. The summed E-state index contributed by atoms with van der Waals surface area (Å²) in [5, 5.41) is 3.61. The molecule has 1 aromatic rings. The van der Waals surface area contributed by atoms with E-state index in [9.17, 15) is 0 Å². The molecule has 1 saturated heterocycles. The molecule has 1 fully saturated rings. The van der Waals surface area contributed by atoms with Crippen LogP contribution >= 0.6 is 15.9 Å². The van der Waals surface area contributed by atoms with Crippen LogP contribution < -0.4 is 5.32 Å². The fraction of sp³-hybridized carbons (Fsp3) is 0.647. The third-order valence-corrected chi connectivity index (χ3v) is 5.12. The lowest BCUT2D eigenvalue weighted by Crippen LogP contribution is -2.46. The highest BCUT2D eigenvalue weighted by molar-refractivity contribution is 9.10. The first-order valence-corrected chi connectivity index (χ1v) is 8.57. The maximum atomic E-state index is 3.66. The van der Waals surface area contributed by atoms with Gasteiger partial charge in [0.2, 0.25) is 0 Å². The van der Waals surface area contributed by atoms with Crippen LogP contribution in [0.4, 0.5) is 0 Å². The summed E-state index contributed by atoms with van der Waals surface area (Å²) >= 11 is 3.66. The number of hydrogen-bond donors (Lipinski definition) is 1. The molecule has 0 saturated carbocycles. The summed E-state index contributed by atoms with van der Waals surface area (Å²) in [6, 6.07) is 8.55. The predicted molar refractivity (Wildman–Crippen MR) is 89.9 cm³/mol. The topological polar surface area (TPSA) is 15.3 Å². The molecule has 0 aromatic heterocycles. The summed E-state index contributed by atoms with van der Waals surface area (Å²) in [5.74, 6) is 0. The Hall–Kier alpha value is -0.380. The molecule has 20 heavy (non-hydrogen) atoms. The van der Waals surface area contributed by atoms with Gasteiger partial charge < -0.3 is 10.2 Å². The maximum Gasteiger partial charge on any atom is 0.0242 e. The van der Waals surface area contributed by atoms with Crippen molar-refractivity contribution in [1.29, 1.82) is 0 Å². The van der Waals surface area contributed by atoms with Gasteiger partial charge in [0, 0.05) is 24.1 Å². The van der Waals surface area contributed by atoms with Gasteiger partial charge in [-0.1, -0.05) is 47.5 Å². The van der Waals surface area contributed by atoms with E-state index in [0.717, 1.165) is 6.54 Å². The van der Waals surface area contributed by atoms with Crippen LogP contribution in [0, 0.1) is 5.41 Å². The zero-order chi connectivity index (χ0) is 14.4. The molecule has 1 aliphatic rings. The molecule has 2 nitrogen and oxygen atoms in total. The van der Waals surface area contributed by atoms with Crippen molar-refractivity contribution in [3.05, 3.63) is 34.3 Å². The molecule has 0 aliphatic carbocycles. The van der Waals surface area contributed by atoms with E-state index < -0.39 is 0 Å². The van der Waals surface area contributed by atoms with E-state index in [0.29, 0.717) is 5.41 Å². The molecular formula is C17H27BrN2. The monoisotopic (exact) mass is 338 g/mol. The Bertz CT molecular complexity index is 408. The second-order valence-corrected chi connectivity index (χ2v) is 7.15. The molecule has 0 radical (unpaired) electrons. The van der Waals surface area contributed by atoms with Gasteiger partial charge in [0.25, 0.3) is 0 Å². The van der Waals surface area contributed by atoms with Crippen molar-refractivity contribution in [3.63, 3.8) is 0 Å². The molecule has 0 amide bonds. The molecule has 1 unspecified atom stereocenters. The number of benzene rings is 1. The van der Waals surface area contributed by atoms with Gasteiger partial charge in [0.15, 0.2) is 0 Å². The van der Waals surface area contributed by atoms with Crippen LogP contribution in [0.1, 0.15) is 38.2 Å². The molecule has 1 aromatic carbocycles. The van der Waals surface area contributed by atoms with Crippen molar-refractivity contribution in [1.82, 2.24) is 10.2 Å². The molecule has 0 spiro atoms. The number of halogens is 1. The molecule has 2 rings (SSSR count). The summed E-state index contributed by atoms with van der Waals surface area (Å²) in [6.45, 7) is 6.90. The van der Waals surface area contributed by atoms with Gasteiger partial charge in [-0.3, -0.25) is 0 Å². The SMILES string of the molecule is CCCC1(CN(C)Cc2ccccc2Br)CCCNC1. The Morgan fingerprint density at radius 3 is 2.80 bits per heavy atom. The number of nitrogens with one attached hydrogen (secondary N) is 1. The maximum absolute atomic E-state index is 3.66. The molecule has 1 aliphatic heterocycles. The van der Waals surface area contributed by atoms with Crippen molar-refractivity contribution >= 4 is 15.9 Å². The summed E-state index contributed by atoms with van der Waals surface area (Å²) < 4.78 is 1.22. The average molecular weight is 339 g/mol. The first-order chi connectivity index (χ1) is 9.65. The summed E-state index contributed by atoms with van der Waals surface area (Å²) in [6.07, 6.45) is 5.31. The Labute approximate surface area is 132 Å². The van der Waals surface area contributed by atoms with Gasteiger partial charge in [-0.2, -0.15) is 0 Å². The van der Waals surface area contributed by atoms with Crippen LogP contribution in [-0.2, 0) is 6.54 Å². The second-order valence-electron chi connectivity index (χ2n) is 6.29. The average Bonchev–Trinajstić information content (AvgIpc) is 2.42. The first-order valence-electron chi connectivity index (χ1n) is 7.78. The van der Waals surface area contributed by atoms with Gasteiger partial charge in [-0.05, 0) is 49.9 Å². The predicted octanol–water partition coefficient (Wildman–Crippen LogP) is 4.05. The minimum Gasteiger partial charge on any atom is -0.316 e. The van der Waals surface area contributed by atoms with Crippen LogP contribution in [0.3, 0.4) is 0 Å². The Morgan fingerprint density at radius 2 is 2.15 bits per heavy atom. The number of hydrogen-bond acceptors (Lipinski definition) is 2. The van der Waals surface area contributed by atoms with Crippen molar-refractivity contribution in [3.8, 4) is 0 Å². The molecular weight excluding hydrogens is 312 g/mol. The highest BCUT2D eigenvalue weighted by Gasteiger charge is 2.32. The van der Waals surface area contributed by atoms with Gasteiger partial charge in [0.05, 0.1) is 0 Å². The third kappa shape index (κ3) is 4.31. The fourth-order valence-electron chi connectivity index (χ4n) is 3.53. The Morgan fingerprint density at radius 1 is 1.35 bits per heavy atom. The van der Waals surface area contributed by atoms with Crippen molar-refractivity contribution in [2.24, 2.45) is 5.41 Å². The number of rotatable bonds is 6. The number of piperidine rings is 1. The molecule has 1 heterocycles. The van der Waals surface area contributed by atoms with Gasteiger partial charge >= 0.3 is 0 Å². The number of nitrogens with zero attached hydrogens (tertiary/aromatic N) is 1. The second kappa shape index (κ2) is 7.58. The first kappa shape index (κ1) is 16.0. The van der Waals surface area contributed by atoms with E-state index in [-0.39, 0.29) is 0 Å². The van der Waals surface area contributed by atoms with Crippen LogP contribution in [-0.4, -0.2) is 31.6 Å². The van der Waals surface area contributed by atoms with E-state index in [4.69, 9.17) is 0 Å². The van der Waals surface area contributed by atoms with E-state index >= 15 is 0 Å². The van der Waals surface area contributed by atoms with Crippen LogP contribution in [0.25, 0.3) is 0 Å². The molecule has 1 N–H and O–H groups in total. The lowest BCUT2D eigenvalue weighted by atomic mass is 9.76. The van der Waals surface area contributed by atoms with Gasteiger partial charge in [-0.15, -0.1) is 0 Å². The van der Waals surface area contributed by atoms with Crippen LogP contribution in [0.15, 0.2) is 28.7 Å². The van der Waals surface area contributed by atoms with Gasteiger partial charge in [-0.25, -0.2) is 0 Å². The highest BCUT2D eigenvalue weighted by Crippen LogP contribution is 2.33. The van der Waals surface area contributed by atoms with E-state index in [1.54, 1.807) is 0 Å². The van der Waals surface area contributed by atoms with Crippen molar-refractivity contribution in [2.75, 3.05) is 26.7 Å². The minimum absolute atomic E-state index is 0.475. The smallest absolute Gasteiger partial charge is 0.0242 e. The zero-order valence-corrected chi connectivity index (χ0v) is 14.4. The molecule has 3 heteroatoms. The Kier molecular flexibility index (Phi) is 6.06. The van der Waals surface area contributed by atoms with E-state index in [1.165, 1.54) is 55.4 Å². The summed E-state index contributed by atoms with van der Waals surface area (Å²) in [4.78, 5) is 2.49. The highest BCUT2D eigenvalue weighted by atomic mass is 79.9. The van der Waals surface area contributed by atoms with Crippen LogP contribution in [0.2, 0.25) is 0 Å². The standard InChI is InChI=1S/C17H27BrN2/c1-3-9-17(10-6-11-19-13-17)14-20(2)12-15-7-4-5-8-16(15)18/h4-5,7-8,19H,3,6,9-14H2,1-2H3. The van der Waals surface area contributed by atoms with E-state index in [1.807, 2.05) is 0 Å². The largest absolute Gasteiger partial charge is 0.316 e.